The molecule has 0 bridgehead atoms. The van der Waals surface area contributed by atoms with Gasteiger partial charge in [-0.2, -0.15) is 0 Å². The molecule has 0 aliphatic carbocycles. The van der Waals surface area contributed by atoms with Crippen LogP contribution in [0.3, 0.4) is 0 Å². The number of hydrogen-bond donors (Lipinski definition) is 1. The number of carbonyl (C=O) groups is 1. The van der Waals surface area contributed by atoms with Crippen molar-refractivity contribution < 1.29 is 14.3 Å². The van der Waals surface area contributed by atoms with Crippen LogP contribution in [-0.2, 0) is 4.79 Å². The van der Waals surface area contributed by atoms with Crippen LogP contribution in [0.2, 0.25) is 0 Å². The highest BCUT2D eigenvalue weighted by Crippen LogP contribution is 2.29. The third kappa shape index (κ3) is 2.47. The Morgan fingerprint density at radius 3 is 2.33 bits per heavy atom. The predicted molar refractivity (Wildman–Crippen MR) is 69.0 cm³/mol. The lowest BCUT2D eigenvalue weighted by atomic mass is 9.90. The average molecular weight is 252 g/mol. The molecule has 0 saturated heterocycles. The lowest BCUT2D eigenvalue weighted by molar-refractivity contribution is -0.123. The SMILES string of the molecule is CC[C@H](C)C(=O)[C@H](C)c1oc(=O)c(C)c(O)c1C. The maximum absolute atomic E-state index is 12.1. The number of carbonyl (C=O) groups excluding carboxylic acids is 1. The van der Waals surface area contributed by atoms with Gasteiger partial charge in [0.25, 0.3) is 0 Å². The molecule has 4 heteroatoms. The first-order valence-corrected chi connectivity index (χ1v) is 6.18. The molecular formula is C14H20O4. The predicted octanol–water partition coefficient (Wildman–Crippen LogP) is 2.68. The number of rotatable bonds is 4. The van der Waals surface area contributed by atoms with E-state index in [0.29, 0.717) is 5.56 Å². The minimum absolute atomic E-state index is 0.0204. The molecule has 1 aromatic rings. The maximum atomic E-state index is 12.1. The Morgan fingerprint density at radius 2 is 1.83 bits per heavy atom. The zero-order chi connectivity index (χ0) is 14.0. The summed E-state index contributed by atoms with van der Waals surface area (Å²) in [6, 6.07) is 0. The van der Waals surface area contributed by atoms with Crippen LogP contribution in [0.5, 0.6) is 5.75 Å². The molecule has 0 saturated carbocycles. The highest BCUT2D eigenvalue weighted by Gasteiger charge is 2.26. The highest BCUT2D eigenvalue weighted by atomic mass is 16.4. The van der Waals surface area contributed by atoms with Gasteiger partial charge in [-0.25, -0.2) is 4.79 Å². The summed E-state index contributed by atoms with van der Waals surface area (Å²) in [4.78, 5) is 23.6. The molecule has 0 aromatic carbocycles. The fraction of sp³-hybridized carbons (Fsp3) is 0.571. The van der Waals surface area contributed by atoms with E-state index < -0.39 is 11.5 Å². The van der Waals surface area contributed by atoms with Crippen molar-refractivity contribution in [2.45, 2.75) is 47.0 Å². The molecule has 0 aliphatic heterocycles. The van der Waals surface area contributed by atoms with Crippen LogP contribution in [0.4, 0.5) is 0 Å². The summed E-state index contributed by atoms with van der Waals surface area (Å²) >= 11 is 0. The molecule has 1 rings (SSSR count). The molecule has 0 radical (unpaired) electrons. The van der Waals surface area contributed by atoms with Gasteiger partial charge in [0.05, 0.1) is 11.5 Å². The molecule has 4 nitrogen and oxygen atoms in total. The van der Waals surface area contributed by atoms with Gasteiger partial charge in [-0.3, -0.25) is 4.79 Å². The zero-order valence-electron chi connectivity index (χ0n) is 11.5. The quantitative estimate of drug-likeness (QED) is 0.894. The van der Waals surface area contributed by atoms with Gasteiger partial charge in [0.15, 0.2) is 0 Å². The molecule has 0 spiro atoms. The molecule has 1 aromatic heterocycles. The maximum Gasteiger partial charge on any atom is 0.342 e. The fourth-order valence-electron chi connectivity index (χ4n) is 1.92. The Hall–Kier alpha value is -1.58. The van der Waals surface area contributed by atoms with Crippen molar-refractivity contribution in [3.05, 3.63) is 27.3 Å². The minimum Gasteiger partial charge on any atom is -0.507 e. The molecule has 0 unspecified atom stereocenters. The van der Waals surface area contributed by atoms with E-state index >= 15 is 0 Å². The van der Waals surface area contributed by atoms with E-state index in [-0.39, 0.29) is 28.8 Å². The van der Waals surface area contributed by atoms with E-state index in [2.05, 4.69) is 0 Å². The minimum atomic E-state index is -0.586. The Bertz CT molecular complexity index is 513. The Balaban J connectivity index is 3.27. The monoisotopic (exact) mass is 252 g/mol. The van der Waals surface area contributed by atoms with Crippen LogP contribution in [0.25, 0.3) is 0 Å². The topological polar surface area (TPSA) is 67.5 Å². The van der Waals surface area contributed by atoms with Crippen molar-refractivity contribution in [1.29, 1.82) is 0 Å². The first-order valence-electron chi connectivity index (χ1n) is 6.18. The largest absolute Gasteiger partial charge is 0.507 e. The van der Waals surface area contributed by atoms with Crippen molar-refractivity contribution in [3.63, 3.8) is 0 Å². The van der Waals surface area contributed by atoms with E-state index in [1.54, 1.807) is 13.8 Å². The first-order chi connectivity index (χ1) is 8.31. The average Bonchev–Trinajstić information content (AvgIpc) is 2.37. The summed E-state index contributed by atoms with van der Waals surface area (Å²) in [6.45, 7) is 8.64. The summed E-state index contributed by atoms with van der Waals surface area (Å²) < 4.78 is 5.16. The number of aromatic hydroxyl groups is 1. The standard InChI is InChI=1S/C14H20O4/c1-6-7(2)11(15)8(3)13-9(4)12(16)10(5)14(17)18-13/h7-8,16H,6H2,1-5H3/t7-,8-/m0/s1. The summed E-state index contributed by atoms with van der Waals surface area (Å²) in [5, 5.41) is 9.82. The van der Waals surface area contributed by atoms with Gasteiger partial charge in [0.1, 0.15) is 17.3 Å². The van der Waals surface area contributed by atoms with Gasteiger partial charge in [-0.15, -0.1) is 0 Å². The van der Waals surface area contributed by atoms with Crippen LogP contribution in [-0.4, -0.2) is 10.9 Å². The molecule has 1 heterocycles. The second-order valence-electron chi connectivity index (χ2n) is 4.79. The van der Waals surface area contributed by atoms with E-state index in [1.807, 2.05) is 13.8 Å². The van der Waals surface area contributed by atoms with Gasteiger partial charge in [0, 0.05) is 11.5 Å². The second kappa shape index (κ2) is 5.38. The Labute approximate surface area is 107 Å². The van der Waals surface area contributed by atoms with Gasteiger partial charge < -0.3 is 9.52 Å². The van der Waals surface area contributed by atoms with E-state index in [4.69, 9.17) is 4.42 Å². The molecule has 0 aliphatic rings. The summed E-state index contributed by atoms with van der Waals surface area (Å²) in [6.07, 6.45) is 0.740. The van der Waals surface area contributed by atoms with Crippen molar-refractivity contribution in [1.82, 2.24) is 0 Å². The van der Waals surface area contributed by atoms with Crippen LogP contribution in [0, 0.1) is 19.8 Å². The number of hydrogen-bond acceptors (Lipinski definition) is 4. The first kappa shape index (κ1) is 14.5. The Morgan fingerprint density at radius 1 is 1.28 bits per heavy atom. The van der Waals surface area contributed by atoms with Crippen molar-refractivity contribution in [2.24, 2.45) is 5.92 Å². The molecule has 2 atom stereocenters. The van der Waals surface area contributed by atoms with Crippen LogP contribution >= 0.6 is 0 Å². The van der Waals surface area contributed by atoms with Gasteiger partial charge >= 0.3 is 5.63 Å². The van der Waals surface area contributed by atoms with Gasteiger partial charge in [-0.1, -0.05) is 13.8 Å². The van der Waals surface area contributed by atoms with Crippen molar-refractivity contribution in [3.8, 4) is 5.75 Å². The van der Waals surface area contributed by atoms with Crippen molar-refractivity contribution in [2.75, 3.05) is 0 Å². The van der Waals surface area contributed by atoms with Crippen LogP contribution in [0.1, 0.15) is 50.0 Å². The Kier molecular flexibility index (Phi) is 4.33. The molecule has 0 fully saturated rings. The second-order valence-corrected chi connectivity index (χ2v) is 4.79. The van der Waals surface area contributed by atoms with Gasteiger partial charge in [-0.05, 0) is 27.2 Å². The third-order valence-electron chi connectivity index (χ3n) is 3.51. The number of Topliss-reactive ketones (excluding diaryl/α,β-unsaturated/α-hetero) is 1. The van der Waals surface area contributed by atoms with Crippen LogP contribution in [0.15, 0.2) is 9.21 Å². The molecular weight excluding hydrogens is 232 g/mol. The lowest BCUT2D eigenvalue weighted by Gasteiger charge is -2.16. The van der Waals surface area contributed by atoms with Gasteiger partial charge in [0.2, 0.25) is 0 Å². The number of ketones is 1. The molecule has 100 valence electrons. The summed E-state index contributed by atoms with van der Waals surface area (Å²) in [5.74, 6) is -0.391. The smallest absolute Gasteiger partial charge is 0.342 e. The normalized spacial score (nSPS) is 14.3. The highest BCUT2D eigenvalue weighted by molar-refractivity contribution is 5.87. The van der Waals surface area contributed by atoms with E-state index in [1.165, 1.54) is 6.92 Å². The lowest BCUT2D eigenvalue weighted by Crippen LogP contribution is -2.20. The summed E-state index contributed by atoms with van der Waals surface area (Å²) in [7, 11) is 0. The molecule has 1 N–H and O–H groups in total. The fourth-order valence-corrected chi connectivity index (χ4v) is 1.92. The third-order valence-corrected chi connectivity index (χ3v) is 3.51. The molecule has 0 amide bonds. The van der Waals surface area contributed by atoms with E-state index in [9.17, 15) is 14.7 Å². The molecule has 18 heavy (non-hydrogen) atoms. The summed E-state index contributed by atoms with van der Waals surface area (Å²) in [5.41, 5.74) is 0.0626. The zero-order valence-corrected chi connectivity index (χ0v) is 11.5. The van der Waals surface area contributed by atoms with E-state index in [0.717, 1.165) is 6.42 Å². The van der Waals surface area contributed by atoms with Crippen LogP contribution < -0.4 is 5.63 Å². The van der Waals surface area contributed by atoms with Crippen molar-refractivity contribution >= 4 is 5.78 Å².